The van der Waals surface area contributed by atoms with Crippen molar-refractivity contribution in [1.82, 2.24) is 4.90 Å². The molecule has 1 aliphatic heterocycles. The zero-order chi connectivity index (χ0) is 19.8. The third kappa shape index (κ3) is 5.73. The number of amides is 1. The highest BCUT2D eigenvalue weighted by molar-refractivity contribution is 5.96. The van der Waals surface area contributed by atoms with Crippen molar-refractivity contribution >= 4 is 17.7 Å². The Labute approximate surface area is 160 Å². The lowest BCUT2D eigenvalue weighted by atomic mass is 10.1. The zero-order valence-electron chi connectivity index (χ0n) is 15.7. The summed E-state index contributed by atoms with van der Waals surface area (Å²) in [6.45, 7) is 9.77. The number of primary amides is 1. The maximum Gasteiger partial charge on any atom is 0.244 e. The van der Waals surface area contributed by atoms with Crippen LogP contribution in [0.4, 0.5) is 5.69 Å². The van der Waals surface area contributed by atoms with Crippen LogP contribution >= 0.6 is 0 Å². The van der Waals surface area contributed by atoms with Crippen LogP contribution in [0.5, 0.6) is 5.75 Å². The van der Waals surface area contributed by atoms with Crippen LogP contribution in [0.1, 0.15) is 18.9 Å². The number of piperazine rings is 1. The number of carbonyl (C=O) groups is 1. The van der Waals surface area contributed by atoms with E-state index in [2.05, 4.69) is 22.4 Å². The normalized spacial score (nSPS) is 16.1. The van der Waals surface area contributed by atoms with Gasteiger partial charge in [0.15, 0.2) is 0 Å². The van der Waals surface area contributed by atoms with Gasteiger partial charge in [-0.2, -0.15) is 5.26 Å². The predicted octanol–water partition coefficient (Wildman–Crippen LogP) is 2.43. The van der Waals surface area contributed by atoms with Gasteiger partial charge in [-0.3, -0.25) is 9.69 Å². The Morgan fingerprint density at radius 1 is 1.37 bits per heavy atom. The fourth-order valence-electron chi connectivity index (χ4n) is 2.97. The molecule has 1 fully saturated rings. The molecule has 2 rings (SSSR count). The van der Waals surface area contributed by atoms with Gasteiger partial charge in [0.25, 0.3) is 0 Å². The number of nitriles is 1. The average molecular weight is 366 g/mol. The van der Waals surface area contributed by atoms with E-state index >= 15 is 0 Å². The highest BCUT2D eigenvalue weighted by Gasteiger charge is 2.17. The number of rotatable bonds is 7. The molecular weight excluding hydrogens is 340 g/mol. The first-order valence-corrected chi connectivity index (χ1v) is 8.95. The number of nitrogens with two attached hydrogens (primary N) is 1. The summed E-state index contributed by atoms with van der Waals surface area (Å²) in [5.74, 6) is -0.376. The fraction of sp³-hybridized carbons (Fsp3) is 0.333. The molecule has 0 atom stereocenters. The molecule has 1 aromatic rings. The minimum Gasteiger partial charge on any atom is -0.507 e. The number of phenolic OH excluding ortho intramolecular Hbond substituents is 1. The number of nitrogens with zero attached hydrogens (tertiary/aromatic N) is 3. The first-order valence-electron chi connectivity index (χ1n) is 8.95. The molecule has 27 heavy (non-hydrogen) atoms. The molecule has 1 saturated heterocycles. The smallest absolute Gasteiger partial charge is 0.244 e. The number of phenols is 1. The summed E-state index contributed by atoms with van der Waals surface area (Å²) in [4.78, 5) is 15.9. The molecule has 6 heteroatoms. The number of hydrogen-bond acceptors (Lipinski definition) is 5. The van der Waals surface area contributed by atoms with Crippen LogP contribution in [-0.2, 0) is 4.79 Å². The molecule has 0 aliphatic carbocycles. The van der Waals surface area contributed by atoms with Crippen LogP contribution in [0.25, 0.3) is 6.08 Å². The second kappa shape index (κ2) is 9.60. The molecule has 1 amide bonds. The van der Waals surface area contributed by atoms with Crippen molar-refractivity contribution in [2.75, 3.05) is 37.6 Å². The Balaban J connectivity index is 1.97. The number of anilines is 1. The van der Waals surface area contributed by atoms with Gasteiger partial charge in [-0.25, -0.2) is 0 Å². The second-order valence-corrected chi connectivity index (χ2v) is 6.53. The van der Waals surface area contributed by atoms with E-state index in [4.69, 9.17) is 11.0 Å². The number of benzene rings is 1. The molecule has 0 spiro atoms. The van der Waals surface area contributed by atoms with Crippen molar-refractivity contribution in [2.24, 2.45) is 5.73 Å². The summed E-state index contributed by atoms with van der Waals surface area (Å²) in [6.07, 6.45) is 5.93. The maximum atomic E-state index is 11.2. The highest BCUT2D eigenvalue weighted by atomic mass is 16.3. The number of carbonyl (C=O) groups excluding carboxylic acids is 1. The van der Waals surface area contributed by atoms with Crippen LogP contribution in [0, 0.1) is 11.3 Å². The Morgan fingerprint density at radius 2 is 2.07 bits per heavy atom. The van der Waals surface area contributed by atoms with Gasteiger partial charge in [0.2, 0.25) is 5.91 Å². The minimum absolute atomic E-state index is 0.125. The maximum absolute atomic E-state index is 11.2. The van der Waals surface area contributed by atoms with Crippen LogP contribution in [0.2, 0.25) is 0 Å². The van der Waals surface area contributed by atoms with E-state index < -0.39 is 5.91 Å². The standard InChI is InChI=1S/C21H26N4O2/c1-3-17(15-22)5-4-8-24-9-11-25(12-10-24)19-6-7-20(26)18(14-19)13-16(2)21(23)27/h3,5-7,13-14,26H,1,4,8-12H2,2H3,(H2,23,27)/b16-13+,17-5+. The lowest BCUT2D eigenvalue weighted by molar-refractivity contribution is -0.114. The largest absolute Gasteiger partial charge is 0.507 e. The molecule has 0 saturated carbocycles. The third-order valence-corrected chi connectivity index (χ3v) is 4.67. The van der Waals surface area contributed by atoms with Crippen molar-refractivity contribution in [3.8, 4) is 11.8 Å². The molecule has 6 nitrogen and oxygen atoms in total. The molecular formula is C21H26N4O2. The lowest BCUT2D eigenvalue weighted by Crippen LogP contribution is -2.46. The van der Waals surface area contributed by atoms with Gasteiger partial charge in [0.05, 0.1) is 6.07 Å². The van der Waals surface area contributed by atoms with Crippen LogP contribution in [0.3, 0.4) is 0 Å². The van der Waals surface area contributed by atoms with Gasteiger partial charge in [0, 0.05) is 55.1 Å². The topological polar surface area (TPSA) is 93.6 Å². The quantitative estimate of drug-likeness (QED) is 0.439. The fourth-order valence-corrected chi connectivity index (χ4v) is 2.97. The van der Waals surface area contributed by atoms with E-state index in [-0.39, 0.29) is 5.75 Å². The van der Waals surface area contributed by atoms with Gasteiger partial charge in [-0.15, -0.1) is 0 Å². The second-order valence-electron chi connectivity index (χ2n) is 6.53. The van der Waals surface area contributed by atoms with E-state index in [0.29, 0.717) is 16.7 Å². The van der Waals surface area contributed by atoms with Crippen LogP contribution < -0.4 is 10.6 Å². The molecule has 3 N–H and O–H groups in total. The molecule has 1 aliphatic rings. The van der Waals surface area contributed by atoms with E-state index in [9.17, 15) is 9.90 Å². The summed E-state index contributed by atoms with van der Waals surface area (Å²) >= 11 is 0. The Morgan fingerprint density at radius 3 is 2.67 bits per heavy atom. The van der Waals surface area contributed by atoms with Crippen molar-refractivity contribution in [3.63, 3.8) is 0 Å². The van der Waals surface area contributed by atoms with E-state index in [0.717, 1.165) is 44.8 Å². The summed E-state index contributed by atoms with van der Waals surface area (Å²) in [7, 11) is 0. The van der Waals surface area contributed by atoms with Crippen LogP contribution in [0.15, 0.2) is 48.1 Å². The number of aromatic hydroxyl groups is 1. The minimum atomic E-state index is -0.501. The van der Waals surface area contributed by atoms with Crippen molar-refractivity contribution in [3.05, 3.63) is 53.6 Å². The summed E-state index contributed by atoms with van der Waals surface area (Å²) < 4.78 is 0. The van der Waals surface area contributed by atoms with Crippen molar-refractivity contribution in [2.45, 2.75) is 13.3 Å². The van der Waals surface area contributed by atoms with E-state index in [1.165, 1.54) is 0 Å². The Hall–Kier alpha value is -3.04. The van der Waals surface area contributed by atoms with Gasteiger partial charge >= 0.3 is 0 Å². The van der Waals surface area contributed by atoms with Gasteiger partial charge in [-0.1, -0.05) is 18.7 Å². The SMILES string of the molecule is C=C/C(C#N)=C\CCN1CCN(c2ccc(O)c(/C=C(\C)C(N)=O)c2)CC1. The van der Waals surface area contributed by atoms with Gasteiger partial charge in [0.1, 0.15) is 5.75 Å². The monoisotopic (exact) mass is 366 g/mol. The van der Waals surface area contributed by atoms with Gasteiger partial charge in [-0.05, 0) is 37.6 Å². The zero-order valence-corrected chi connectivity index (χ0v) is 15.7. The predicted molar refractivity (Wildman–Crippen MR) is 108 cm³/mol. The number of allylic oxidation sites excluding steroid dienone is 2. The average Bonchev–Trinajstić information content (AvgIpc) is 2.67. The molecule has 0 aromatic heterocycles. The Bertz CT molecular complexity index is 797. The van der Waals surface area contributed by atoms with Gasteiger partial charge < -0.3 is 15.7 Å². The molecule has 1 aromatic carbocycles. The lowest BCUT2D eigenvalue weighted by Gasteiger charge is -2.36. The molecule has 0 radical (unpaired) electrons. The van der Waals surface area contributed by atoms with Crippen LogP contribution in [-0.4, -0.2) is 48.6 Å². The first-order chi connectivity index (χ1) is 12.9. The van der Waals surface area contributed by atoms with E-state index in [1.54, 1.807) is 25.1 Å². The summed E-state index contributed by atoms with van der Waals surface area (Å²) in [5.41, 5.74) is 7.89. The third-order valence-electron chi connectivity index (χ3n) is 4.67. The van der Waals surface area contributed by atoms with Crippen molar-refractivity contribution in [1.29, 1.82) is 5.26 Å². The number of hydrogen-bond donors (Lipinski definition) is 2. The van der Waals surface area contributed by atoms with Crippen molar-refractivity contribution < 1.29 is 9.90 Å². The Kier molecular flexibility index (Phi) is 7.21. The first kappa shape index (κ1) is 20.3. The molecule has 1 heterocycles. The molecule has 0 bridgehead atoms. The highest BCUT2D eigenvalue weighted by Crippen LogP contribution is 2.27. The summed E-state index contributed by atoms with van der Waals surface area (Å²) in [5, 5.41) is 18.9. The summed E-state index contributed by atoms with van der Waals surface area (Å²) in [6, 6.07) is 7.52. The molecule has 0 unspecified atom stereocenters. The van der Waals surface area contributed by atoms with E-state index in [1.807, 2.05) is 18.2 Å². The molecule has 142 valence electrons.